The van der Waals surface area contributed by atoms with Crippen molar-refractivity contribution in [3.63, 3.8) is 0 Å². The lowest BCUT2D eigenvalue weighted by Gasteiger charge is -2.16. The Hall–Kier alpha value is -1.43. The first kappa shape index (κ1) is 13.5. The summed E-state index contributed by atoms with van der Waals surface area (Å²) in [6, 6.07) is 8.91. The number of thiophene rings is 2. The molecule has 0 aliphatic rings. The van der Waals surface area contributed by atoms with Crippen molar-refractivity contribution in [1.82, 2.24) is 15.1 Å². The van der Waals surface area contributed by atoms with Crippen LogP contribution in [-0.4, -0.2) is 16.3 Å². The largest absolute Gasteiger partial charge is 0.303 e. The van der Waals surface area contributed by atoms with E-state index < -0.39 is 0 Å². The Kier molecular flexibility index (Phi) is 4.30. The number of aryl methyl sites for hydroxylation is 1. The van der Waals surface area contributed by atoms with Crippen molar-refractivity contribution in [3.05, 3.63) is 62.7 Å². The number of nitrogens with one attached hydrogen (secondary N) is 1. The lowest BCUT2D eigenvalue weighted by molar-refractivity contribution is 0.529. The first-order valence-corrected chi connectivity index (χ1v) is 8.38. The SMILES string of the molecule is Cc1cnn(CCNC(c2cccs2)c2cccs2)c1. The maximum absolute atomic E-state index is 4.32. The molecule has 104 valence electrons. The zero-order valence-corrected chi connectivity index (χ0v) is 13.0. The van der Waals surface area contributed by atoms with Gasteiger partial charge in [-0.25, -0.2) is 0 Å². The molecule has 3 aromatic heterocycles. The van der Waals surface area contributed by atoms with E-state index in [0.29, 0.717) is 6.04 Å². The molecular formula is C15H17N3S2. The summed E-state index contributed by atoms with van der Waals surface area (Å²) in [7, 11) is 0. The van der Waals surface area contributed by atoms with E-state index in [1.165, 1.54) is 15.3 Å². The molecule has 0 saturated heterocycles. The molecule has 0 fully saturated rings. The molecule has 0 amide bonds. The maximum atomic E-state index is 4.32. The zero-order chi connectivity index (χ0) is 13.8. The molecule has 0 aliphatic heterocycles. The van der Waals surface area contributed by atoms with Gasteiger partial charge in [0.25, 0.3) is 0 Å². The number of rotatable bonds is 6. The van der Waals surface area contributed by atoms with Gasteiger partial charge in [0.15, 0.2) is 0 Å². The molecule has 0 spiro atoms. The van der Waals surface area contributed by atoms with E-state index in [1.54, 1.807) is 22.7 Å². The van der Waals surface area contributed by atoms with Gasteiger partial charge in [-0.1, -0.05) is 12.1 Å². The third kappa shape index (κ3) is 3.17. The minimum absolute atomic E-state index is 0.298. The highest BCUT2D eigenvalue weighted by atomic mass is 32.1. The van der Waals surface area contributed by atoms with Gasteiger partial charge < -0.3 is 5.32 Å². The van der Waals surface area contributed by atoms with Crippen LogP contribution in [0.1, 0.15) is 21.4 Å². The second-order valence-electron chi connectivity index (χ2n) is 4.70. The molecule has 3 nitrogen and oxygen atoms in total. The molecule has 3 rings (SSSR count). The highest BCUT2D eigenvalue weighted by Gasteiger charge is 2.15. The van der Waals surface area contributed by atoms with Gasteiger partial charge in [0.2, 0.25) is 0 Å². The van der Waals surface area contributed by atoms with Crippen LogP contribution in [0.2, 0.25) is 0 Å². The van der Waals surface area contributed by atoms with Gasteiger partial charge in [0.1, 0.15) is 0 Å². The number of nitrogens with zero attached hydrogens (tertiary/aromatic N) is 2. The fraction of sp³-hybridized carbons (Fsp3) is 0.267. The smallest absolute Gasteiger partial charge is 0.0765 e. The van der Waals surface area contributed by atoms with Crippen molar-refractivity contribution in [3.8, 4) is 0 Å². The Bertz CT molecular complexity index is 592. The molecular weight excluding hydrogens is 286 g/mol. The highest BCUT2D eigenvalue weighted by Crippen LogP contribution is 2.28. The van der Waals surface area contributed by atoms with Crippen molar-refractivity contribution in [2.45, 2.75) is 19.5 Å². The Labute approximate surface area is 126 Å². The van der Waals surface area contributed by atoms with Crippen LogP contribution < -0.4 is 5.32 Å². The van der Waals surface area contributed by atoms with Crippen LogP contribution >= 0.6 is 22.7 Å². The van der Waals surface area contributed by atoms with Gasteiger partial charge in [0.05, 0.1) is 18.8 Å². The topological polar surface area (TPSA) is 29.9 Å². The van der Waals surface area contributed by atoms with Gasteiger partial charge in [-0.05, 0) is 35.4 Å². The summed E-state index contributed by atoms with van der Waals surface area (Å²) in [4.78, 5) is 2.73. The van der Waals surface area contributed by atoms with Crippen molar-refractivity contribution in [2.75, 3.05) is 6.54 Å². The summed E-state index contributed by atoms with van der Waals surface area (Å²) >= 11 is 3.60. The lowest BCUT2D eigenvalue weighted by atomic mass is 10.2. The van der Waals surface area contributed by atoms with E-state index in [2.05, 4.69) is 58.6 Å². The summed E-state index contributed by atoms with van der Waals surface area (Å²) < 4.78 is 1.99. The van der Waals surface area contributed by atoms with Crippen LogP contribution in [0, 0.1) is 6.92 Å². The highest BCUT2D eigenvalue weighted by molar-refractivity contribution is 7.11. The summed E-state index contributed by atoms with van der Waals surface area (Å²) in [5.74, 6) is 0. The van der Waals surface area contributed by atoms with Crippen LogP contribution in [0.3, 0.4) is 0 Å². The Balaban J connectivity index is 1.65. The number of hydrogen-bond donors (Lipinski definition) is 1. The molecule has 0 aromatic carbocycles. The predicted octanol–water partition coefficient (Wildman–Crippen LogP) is 3.69. The van der Waals surface area contributed by atoms with E-state index in [1.807, 2.05) is 10.9 Å². The molecule has 1 N–H and O–H groups in total. The predicted molar refractivity (Wildman–Crippen MR) is 85.4 cm³/mol. The molecule has 3 aromatic rings. The van der Waals surface area contributed by atoms with E-state index in [0.717, 1.165) is 13.1 Å². The maximum Gasteiger partial charge on any atom is 0.0765 e. The zero-order valence-electron chi connectivity index (χ0n) is 11.3. The molecule has 0 saturated carbocycles. The monoisotopic (exact) mass is 303 g/mol. The number of hydrogen-bond acceptors (Lipinski definition) is 4. The Morgan fingerprint density at radius 3 is 2.40 bits per heavy atom. The summed E-state index contributed by atoms with van der Waals surface area (Å²) in [6.07, 6.45) is 3.98. The van der Waals surface area contributed by atoms with E-state index in [4.69, 9.17) is 0 Å². The van der Waals surface area contributed by atoms with Crippen LogP contribution in [0.4, 0.5) is 0 Å². The van der Waals surface area contributed by atoms with Crippen molar-refractivity contribution < 1.29 is 0 Å². The second-order valence-corrected chi connectivity index (χ2v) is 6.66. The van der Waals surface area contributed by atoms with Crippen molar-refractivity contribution in [2.24, 2.45) is 0 Å². The molecule has 0 unspecified atom stereocenters. The van der Waals surface area contributed by atoms with E-state index >= 15 is 0 Å². The molecule has 0 bridgehead atoms. The van der Waals surface area contributed by atoms with Gasteiger partial charge in [-0.15, -0.1) is 22.7 Å². The van der Waals surface area contributed by atoms with Crippen molar-refractivity contribution >= 4 is 22.7 Å². The standard InChI is InChI=1S/C15H17N3S2/c1-12-10-17-18(11-12)7-6-16-15(13-4-2-8-19-13)14-5-3-9-20-14/h2-5,8-11,15-16H,6-7H2,1H3. The third-order valence-electron chi connectivity index (χ3n) is 3.11. The minimum Gasteiger partial charge on any atom is -0.303 e. The first-order chi connectivity index (χ1) is 9.83. The van der Waals surface area contributed by atoms with Crippen LogP contribution in [-0.2, 0) is 6.54 Å². The molecule has 20 heavy (non-hydrogen) atoms. The minimum atomic E-state index is 0.298. The molecule has 5 heteroatoms. The van der Waals surface area contributed by atoms with Gasteiger partial charge in [-0.2, -0.15) is 5.10 Å². The van der Waals surface area contributed by atoms with E-state index in [-0.39, 0.29) is 0 Å². The van der Waals surface area contributed by atoms with Gasteiger partial charge in [-0.3, -0.25) is 4.68 Å². The third-order valence-corrected chi connectivity index (χ3v) is 4.98. The molecule has 0 atom stereocenters. The Morgan fingerprint density at radius 2 is 1.90 bits per heavy atom. The molecule has 3 heterocycles. The summed E-state index contributed by atoms with van der Waals surface area (Å²) in [5, 5.41) is 12.2. The van der Waals surface area contributed by atoms with Crippen LogP contribution in [0.25, 0.3) is 0 Å². The normalized spacial score (nSPS) is 11.3. The Morgan fingerprint density at radius 1 is 1.20 bits per heavy atom. The average molecular weight is 303 g/mol. The average Bonchev–Trinajstić information content (AvgIpc) is 3.18. The molecule has 0 aliphatic carbocycles. The summed E-state index contributed by atoms with van der Waals surface area (Å²) in [5.41, 5.74) is 1.21. The number of aromatic nitrogens is 2. The fourth-order valence-corrected chi connectivity index (χ4v) is 3.88. The van der Waals surface area contributed by atoms with Crippen LogP contribution in [0.5, 0.6) is 0 Å². The van der Waals surface area contributed by atoms with Gasteiger partial charge >= 0.3 is 0 Å². The van der Waals surface area contributed by atoms with Crippen molar-refractivity contribution in [1.29, 1.82) is 0 Å². The first-order valence-electron chi connectivity index (χ1n) is 6.62. The summed E-state index contributed by atoms with van der Waals surface area (Å²) in [6.45, 7) is 3.86. The van der Waals surface area contributed by atoms with Crippen LogP contribution in [0.15, 0.2) is 47.4 Å². The second kappa shape index (κ2) is 6.35. The molecule has 0 radical (unpaired) electrons. The van der Waals surface area contributed by atoms with Gasteiger partial charge in [0, 0.05) is 22.5 Å². The lowest BCUT2D eigenvalue weighted by Crippen LogP contribution is -2.25. The fourth-order valence-electron chi connectivity index (χ4n) is 2.17. The van der Waals surface area contributed by atoms with E-state index in [9.17, 15) is 0 Å². The quantitative estimate of drug-likeness (QED) is 0.752.